The van der Waals surface area contributed by atoms with Gasteiger partial charge in [0.05, 0.1) is 12.1 Å². The van der Waals surface area contributed by atoms with E-state index in [1.165, 1.54) is 32.2 Å². The SMILES string of the molecule is Cc1ccc(NC(=O)Cc2nc(-c3cc(C)sc3C)cs2)cc1. The number of hydrogen-bond donors (Lipinski definition) is 1. The minimum absolute atomic E-state index is 0.0343. The molecule has 0 saturated heterocycles. The molecular formula is C18H18N2OS2. The zero-order valence-electron chi connectivity index (χ0n) is 13.3. The fourth-order valence-electron chi connectivity index (χ4n) is 2.38. The summed E-state index contributed by atoms with van der Waals surface area (Å²) in [6.07, 6.45) is 0.306. The Morgan fingerprint density at radius 1 is 1.17 bits per heavy atom. The van der Waals surface area contributed by atoms with Gasteiger partial charge in [-0.05, 0) is 39.0 Å². The first kappa shape index (κ1) is 15.9. The second-order valence-electron chi connectivity index (χ2n) is 5.54. The largest absolute Gasteiger partial charge is 0.326 e. The Morgan fingerprint density at radius 3 is 2.57 bits per heavy atom. The van der Waals surface area contributed by atoms with E-state index in [9.17, 15) is 4.79 Å². The number of thiophene rings is 1. The summed E-state index contributed by atoms with van der Waals surface area (Å²) in [6.45, 7) is 6.23. The van der Waals surface area contributed by atoms with E-state index in [0.29, 0.717) is 6.42 Å². The van der Waals surface area contributed by atoms with E-state index in [-0.39, 0.29) is 5.91 Å². The van der Waals surface area contributed by atoms with Crippen molar-refractivity contribution in [1.29, 1.82) is 0 Å². The molecule has 3 aromatic rings. The molecule has 1 N–H and O–H groups in total. The normalized spacial score (nSPS) is 10.7. The van der Waals surface area contributed by atoms with Gasteiger partial charge >= 0.3 is 0 Å². The van der Waals surface area contributed by atoms with Gasteiger partial charge in [-0.2, -0.15) is 0 Å². The lowest BCUT2D eigenvalue weighted by Gasteiger charge is -2.04. The third-order valence-electron chi connectivity index (χ3n) is 3.52. The van der Waals surface area contributed by atoms with Crippen LogP contribution in [0.4, 0.5) is 5.69 Å². The lowest BCUT2D eigenvalue weighted by atomic mass is 10.2. The average Bonchev–Trinajstić information content (AvgIpc) is 3.07. The van der Waals surface area contributed by atoms with Gasteiger partial charge in [0.2, 0.25) is 5.91 Å². The minimum atomic E-state index is -0.0343. The van der Waals surface area contributed by atoms with Gasteiger partial charge in [0, 0.05) is 26.4 Å². The standard InChI is InChI=1S/C18H18N2OS2/c1-11-4-6-14(7-5-11)19-17(21)9-18-20-16(10-22-18)15-8-12(2)23-13(15)3/h4-8,10H,9H2,1-3H3,(H,19,21). The first-order chi connectivity index (χ1) is 11.0. The van der Waals surface area contributed by atoms with Gasteiger partial charge < -0.3 is 5.32 Å². The molecule has 3 rings (SSSR count). The highest BCUT2D eigenvalue weighted by atomic mass is 32.1. The van der Waals surface area contributed by atoms with Crippen LogP contribution in [0.1, 0.15) is 20.3 Å². The number of benzene rings is 1. The molecule has 1 amide bonds. The predicted octanol–water partition coefficient (Wildman–Crippen LogP) is 4.98. The van der Waals surface area contributed by atoms with E-state index in [4.69, 9.17) is 0 Å². The highest BCUT2D eigenvalue weighted by Gasteiger charge is 2.12. The molecule has 0 saturated carbocycles. The molecule has 0 aliphatic carbocycles. The van der Waals surface area contributed by atoms with Crippen molar-refractivity contribution in [2.24, 2.45) is 0 Å². The lowest BCUT2D eigenvalue weighted by molar-refractivity contribution is -0.115. The highest BCUT2D eigenvalue weighted by Crippen LogP contribution is 2.31. The van der Waals surface area contributed by atoms with Gasteiger partial charge in [-0.15, -0.1) is 22.7 Å². The molecule has 0 radical (unpaired) electrons. The summed E-state index contributed by atoms with van der Waals surface area (Å²) >= 11 is 3.31. The number of thiazole rings is 1. The number of hydrogen-bond acceptors (Lipinski definition) is 4. The van der Waals surface area contributed by atoms with Crippen LogP contribution in [0.15, 0.2) is 35.7 Å². The van der Waals surface area contributed by atoms with E-state index in [1.807, 2.05) is 36.6 Å². The van der Waals surface area contributed by atoms with E-state index < -0.39 is 0 Å². The summed E-state index contributed by atoms with van der Waals surface area (Å²) in [5.74, 6) is -0.0343. The summed E-state index contributed by atoms with van der Waals surface area (Å²) in [6, 6.07) is 9.96. The zero-order valence-corrected chi connectivity index (χ0v) is 15.0. The molecule has 118 valence electrons. The van der Waals surface area contributed by atoms with Crippen molar-refractivity contribution in [3.63, 3.8) is 0 Å². The number of aryl methyl sites for hydroxylation is 3. The van der Waals surface area contributed by atoms with Crippen molar-refractivity contribution in [1.82, 2.24) is 4.98 Å². The summed E-state index contributed by atoms with van der Waals surface area (Å²) in [7, 11) is 0. The van der Waals surface area contributed by atoms with Gasteiger partial charge in [-0.3, -0.25) is 4.79 Å². The zero-order chi connectivity index (χ0) is 16.4. The van der Waals surface area contributed by atoms with Crippen molar-refractivity contribution >= 4 is 34.3 Å². The summed E-state index contributed by atoms with van der Waals surface area (Å²) in [4.78, 5) is 19.3. The van der Waals surface area contributed by atoms with E-state index in [1.54, 1.807) is 11.3 Å². The minimum Gasteiger partial charge on any atom is -0.326 e. The third kappa shape index (κ3) is 3.86. The Kier molecular flexibility index (Phi) is 4.59. The van der Waals surface area contributed by atoms with Gasteiger partial charge in [-0.1, -0.05) is 17.7 Å². The molecule has 3 nitrogen and oxygen atoms in total. The van der Waals surface area contributed by atoms with Crippen LogP contribution in [-0.2, 0) is 11.2 Å². The van der Waals surface area contributed by atoms with Gasteiger partial charge in [0.15, 0.2) is 0 Å². The molecule has 23 heavy (non-hydrogen) atoms. The molecule has 0 fully saturated rings. The quantitative estimate of drug-likeness (QED) is 0.726. The average molecular weight is 342 g/mol. The van der Waals surface area contributed by atoms with Crippen molar-refractivity contribution in [2.45, 2.75) is 27.2 Å². The maximum atomic E-state index is 12.1. The molecular weight excluding hydrogens is 324 g/mol. The van der Waals surface area contributed by atoms with Crippen molar-refractivity contribution in [3.8, 4) is 11.3 Å². The van der Waals surface area contributed by atoms with Crippen molar-refractivity contribution in [2.75, 3.05) is 5.32 Å². The van der Waals surface area contributed by atoms with E-state index >= 15 is 0 Å². The van der Waals surface area contributed by atoms with E-state index in [0.717, 1.165) is 16.4 Å². The molecule has 0 bridgehead atoms. The Morgan fingerprint density at radius 2 is 1.91 bits per heavy atom. The molecule has 2 heterocycles. The van der Waals surface area contributed by atoms with Crippen LogP contribution in [0.5, 0.6) is 0 Å². The van der Waals surface area contributed by atoms with E-state index in [2.05, 4.69) is 30.2 Å². The van der Waals surface area contributed by atoms with Crippen LogP contribution in [0, 0.1) is 20.8 Å². The second-order valence-corrected chi connectivity index (χ2v) is 7.95. The van der Waals surface area contributed by atoms with Crippen molar-refractivity contribution in [3.05, 3.63) is 56.0 Å². The number of carbonyl (C=O) groups is 1. The van der Waals surface area contributed by atoms with Crippen LogP contribution in [0.3, 0.4) is 0 Å². The second kappa shape index (κ2) is 6.64. The lowest BCUT2D eigenvalue weighted by Crippen LogP contribution is -2.14. The number of amides is 1. The van der Waals surface area contributed by atoms with Gasteiger partial charge in [0.25, 0.3) is 0 Å². The fourth-order valence-corrected chi connectivity index (χ4v) is 4.11. The number of anilines is 1. The molecule has 0 spiro atoms. The Labute approximate surface area is 144 Å². The third-order valence-corrected chi connectivity index (χ3v) is 5.33. The summed E-state index contributed by atoms with van der Waals surface area (Å²) in [5, 5.41) is 5.78. The monoisotopic (exact) mass is 342 g/mol. The molecule has 5 heteroatoms. The van der Waals surface area contributed by atoms with Gasteiger partial charge in [-0.25, -0.2) is 4.98 Å². The first-order valence-electron chi connectivity index (χ1n) is 7.39. The Hall–Kier alpha value is -1.98. The molecule has 1 aromatic carbocycles. The number of nitrogens with zero attached hydrogens (tertiary/aromatic N) is 1. The van der Waals surface area contributed by atoms with Crippen molar-refractivity contribution < 1.29 is 4.79 Å². The maximum Gasteiger partial charge on any atom is 0.231 e. The van der Waals surface area contributed by atoms with Crippen LogP contribution < -0.4 is 5.32 Å². The molecule has 2 aromatic heterocycles. The highest BCUT2D eigenvalue weighted by molar-refractivity contribution is 7.12. The summed E-state index contributed by atoms with van der Waals surface area (Å²) in [5.41, 5.74) is 4.14. The number of nitrogens with one attached hydrogen (secondary N) is 1. The molecule has 0 aliphatic heterocycles. The molecule has 0 unspecified atom stereocenters. The smallest absolute Gasteiger partial charge is 0.231 e. The topological polar surface area (TPSA) is 42.0 Å². The van der Waals surface area contributed by atoms with Gasteiger partial charge in [0.1, 0.15) is 5.01 Å². The summed E-state index contributed by atoms with van der Waals surface area (Å²) < 4.78 is 0. The maximum absolute atomic E-state index is 12.1. The first-order valence-corrected chi connectivity index (χ1v) is 9.09. The van der Waals surface area contributed by atoms with Crippen LogP contribution in [-0.4, -0.2) is 10.9 Å². The molecule has 0 atom stereocenters. The number of rotatable bonds is 4. The number of aromatic nitrogens is 1. The Bertz CT molecular complexity index is 831. The Balaban J connectivity index is 1.68. The molecule has 0 aliphatic rings. The van der Waals surface area contributed by atoms with Crippen LogP contribution in [0.2, 0.25) is 0 Å². The number of carbonyl (C=O) groups excluding carboxylic acids is 1. The predicted molar refractivity (Wildman–Crippen MR) is 98.4 cm³/mol. The van der Waals surface area contributed by atoms with Crippen LogP contribution in [0.25, 0.3) is 11.3 Å². The van der Waals surface area contributed by atoms with Crippen LogP contribution >= 0.6 is 22.7 Å². The fraction of sp³-hybridized carbons (Fsp3) is 0.222.